The summed E-state index contributed by atoms with van der Waals surface area (Å²) in [7, 11) is 0. The Bertz CT molecular complexity index is 1290. The first kappa shape index (κ1) is 20.8. The molecule has 4 aromatic rings. The van der Waals surface area contributed by atoms with Gasteiger partial charge in [0.1, 0.15) is 4.92 Å². The van der Waals surface area contributed by atoms with Crippen molar-refractivity contribution in [1.29, 1.82) is 0 Å². The minimum absolute atomic E-state index is 0.276. The maximum absolute atomic E-state index is 10.8. The number of hydrogen-bond acceptors (Lipinski definition) is 6. The van der Waals surface area contributed by atoms with Crippen LogP contribution in [0.15, 0.2) is 86.6 Å². The summed E-state index contributed by atoms with van der Waals surface area (Å²) in [6.07, 6.45) is 2.24. The summed E-state index contributed by atoms with van der Waals surface area (Å²) in [5.41, 5.74) is 2.90. The van der Waals surface area contributed by atoms with Crippen LogP contribution < -0.4 is 4.80 Å². The lowest BCUT2D eigenvalue weighted by Gasteiger charge is -2.04. The van der Waals surface area contributed by atoms with E-state index in [-0.39, 0.29) is 11.6 Å². The maximum Gasteiger partial charge on any atom is 0.433 e. The molecule has 0 spiro atoms. The van der Waals surface area contributed by atoms with Crippen molar-refractivity contribution in [3.8, 4) is 11.3 Å². The predicted molar refractivity (Wildman–Crippen MR) is 122 cm³/mol. The van der Waals surface area contributed by atoms with E-state index in [2.05, 4.69) is 17.2 Å². The van der Waals surface area contributed by atoms with Gasteiger partial charge >= 0.3 is 5.88 Å². The van der Waals surface area contributed by atoms with Gasteiger partial charge in [0, 0.05) is 22.5 Å². The van der Waals surface area contributed by atoms with E-state index >= 15 is 0 Å². The zero-order chi connectivity index (χ0) is 21.6. The number of nitro groups is 1. The Labute approximate surface area is 186 Å². The monoisotopic (exact) mass is 452 g/mol. The first-order valence-corrected chi connectivity index (χ1v) is 10.7. The van der Waals surface area contributed by atoms with Crippen LogP contribution in [0.25, 0.3) is 11.3 Å². The SMILES string of the molecule is O=[N+]([O-])c1ccc(C=Nn2c(-c3cccc(Cl)c3)csc2=NCCc2ccccc2)o1. The highest BCUT2D eigenvalue weighted by atomic mass is 35.5. The molecular formula is C22H17ClN4O3S. The van der Waals surface area contributed by atoms with Crippen molar-refractivity contribution in [2.45, 2.75) is 6.42 Å². The molecule has 0 amide bonds. The summed E-state index contributed by atoms with van der Waals surface area (Å²) in [4.78, 5) is 15.7. The number of nitrogens with zero attached hydrogens (tertiary/aromatic N) is 4. The number of furan rings is 1. The van der Waals surface area contributed by atoms with Crippen molar-refractivity contribution < 1.29 is 9.34 Å². The summed E-state index contributed by atoms with van der Waals surface area (Å²) < 4.78 is 6.87. The summed E-state index contributed by atoms with van der Waals surface area (Å²) >= 11 is 7.62. The molecule has 2 heterocycles. The lowest BCUT2D eigenvalue weighted by atomic mass is 10.2. The summed E-state index contributed by atoms with van der Waals surface area (Å²) in [5, 5.41) is 17.9. The zero-order valence-electron chi connectivity index (χ0n) is 16.2. The van der Waals surface area contributed by atoms with E-state index in [1.54, 1.807) is 10.7 Å². The van der Waals surface area contributed by atoms with Crippen LogP contribution in [-0.2, 0) is 6.42 Å². The van der Waals surface area contributed by atoms with Gasteiger partial charge in [0.05, 0.1) is 18.0 Å². The maximum atomic E-state index is 10.8. The van der Waals surface area contributed by atoms with Crippen molar-refractivity contribution in [2.75, 3.05) is 6.54 Å². The summed E-state index contributed by atoms with van der Waals surface area (Å²) in [5.74, 6) is -0.0581. The Morgan fingerprint density at radius 3 is 2.71 bits per heavy atom. The fraction of sp³-hybridized carbons (Fsp3) is 0.0909. The van der Waals surface area contributed by atoms with Gasteiger partial charge in [-0.25, -0.2) is 4.68 Å². The second-order valence-corrected chi connectivity index (χ2v) is 7.79. The van der Waals surface area contributed by atoms with Gasteiger partial charge in [0.15, 0.2) is 5.76 Å². The molecule has 0 atom stereocenters. The van der Waals surface area contributed by atoms with Crippen LogP contribution in [0.2, 0.25) is 5.02 Å². The average Bonchev–Trinajstić information content (AvgIpc) is 3.40. The van der Waals surface area contributed by atoms with E-state index < -0.39 is 4.92 Å². The fourth-order valence-corrected chi connectivity index (χ4v) is 3.97. The molecule has 0 N–H and O–H groups in total. The molecule has 0 bridgehead atoms. The van der Waals surface area contributed by atoms with Gasteiger partial charge in [-0.15, -0.1) is 11.3 Å². The Kier molecular flexibility index (Phi) is 6.40. The minimum atomic E-state index is -0.586. The number of rotatable bonds is 7. The molecule has 0 unspecified atom stereocenters. The van der Waals surface area contributed by atoms with Crippen molar-refractivity contribution in [1.82, 2.24) is 4.68 Å². The molecule has 0 saturated carbocycles. The van der Waals surface area contributed by atoms with Gasteiger partial charge in [-0.3, -0.25) is 15.1 Å². The second kappa shape index (κ2) is 9.55. The molecule has 0 aliphatic carbocycles. The van der Waals surface area contributed by atoms with Crippen LogP contribution in [0.1, 0.15) is 11.3 Å². The van der Waals surface area contributed by atoms with Crippen LogP contribution in [0, 0.1) is 10.1 Å². The molecule has 31 heavy (non-hydrogen) atoms. The highest BCUT2D eigenvalue weighted by molar-refractivity contribution is 7.07. The largest absolute Gasteiger partial charge is 0.433 e. The molecule has 9 heteroatoms. The number of thiazole rings is 1. The molecule has 0 fully saturated rings. The Morgan fingerprint density at radius 2 is 1.97 bits per heavy atom. The van der Waals surface area contributed by atoms with E-state index in [1.165, 1.54) is 35.2 Å². The lowest BCUT2D eigenvalue weighted by molar-refractivity contribution is -0.402. The second-order valence-electron chi connectivity index (χ2n) is 6.52. The van der Waals surface area contributed by atoms with Crippen LogP contribution in [-0.4, -0.2) is 22.4 Å². The Hall–Kier alpha value is -3.49. The number of halogens is 1. The van der Waals surface area contributed by atoms with Gasteiger partial charge in [-0.2, -0.15) is 5.10 Å². The normalized spacial score (nSPS) is 12.0. The van der Waals surface area contributed by atoms with Crippen LogP contribution in [0.4, 0.5) is 5.88 Å². The quantitative estimate of drug-likeness (QED) is 0.214. The molecule has 2 aromatic heterocycles. The molecule has 4 rings (SSSR count). The highest BCUT2D eigenvalue weighted by Crippen LogP contribution is 2.23. The van der Waals surface area contributed by atoms with Gasteiger partial charge in [0.2, 0.25) is 4.80 Å². The van der Waals surface area contributed by atoms with Crippen LogP contribution in [0.5, 0.6) is 0 Å². The highest BCUT2D eigenvalue weighted by Gasteiger charge is 2.12. The van der Waals surface area contributed by atoms with E-state index in [9.17, 15) is 10.1 Å². The van der Waals surface area contributed by atoms with E-state index in [1.807, 2.05) is 41.8 Å². The molecule has 0 saturated heterocycles. The average molecular weight is 453 g/mol. The standard InChI is InChI=1S/C22H17ClN4O3S/c23-18-8-4-7-17(13-18)20-15-31-22(24-12-11-16-5-2-1-3-6-16)26(20)25-14-19-9-10-21(30-19)27(28)29/h1-10,13-15H,11-12H2. The van der Waals surface area contributed by atoms with E-state index in [0.29, 0.717) is 16.4 Å². The third kappa shape index (κ3) is 5.17. The Balaban J connectivity index is 1.68. The topological polar surface area (TPSA) is 85.9 Å². The molecule has 7 nitrogen and oxygen atoms in total. The zero-order valence-corrected chi connectivity index (χ0v) is 17.8. The smallest absolute Gasteiger partial charge is 0.400 e. The number of benzene rings is 2. The lowest BCUT2D eigenvalue weighted by Crippen LogP contribution is -2.13. The minimum Gasteiger partial charge on any atom is -0.400 e. The van der Waals surface area contributed by atoms with Crippen molar-refractivity contribution >= 4 is 35.0 Å². The van der Waals surface area contributed by atoms with Crippen molar-refractivity contribution in [3.05, 3.63) is 103 Å². The molecule has 156 valence electrons. The van der Waals surface area contributed by atoms with Crippen molar-refractivity contribution in [2.24, 2.45) is 10.1 Å². The van der Waals surface area contributed by atoms with Gasteiger partial charge < -0.3 is 4.42 Å². The molecular weight excluding hydrogens is 436 g/mol. The Morgan fingerprint density at radius 1 is 1.13 bits per heavy atom. The number of hydrogen-bond donors (Lipinski definition) is 0. The third-order valence-electron chi connectivity index (χ3n) is 4.39. The van der Waals surface area contributed by atoms with Crippen LogP contribution in [0.3, 0.4) is 0 Å². The molecule has 0 radical (unpaired) electrons. The van der Waals surface area contributed by atoms with Crippen LogP contribution >= 0.6 is 22.9 Å². The molecule has 2 aromatic carbocycles. The third-order valence-corrected chi connectivity index (χ3v) is 5.48. The van der Waals surface area contributed by atoms with Crippen molar-refractivity contribution in [3.63, 3.8) is 0 Å². The molecule has 0 aliphatic heterocycles. The van der Waals surface area contributed by atoms with Gasteiger partial charge in [0.25, 0.3) is 0 Å². The van der Waals surface area contributed by atoms with Gasteiger partial charge in [-0.05, 0) is 30.2 Å². The summed E-state index contributed by atoms with van der Waals surface area (Å²) in [6, 6.07) is 20.4. The fourth-order valence-electron chi connectivity index (χ4n) is 2.92. The summed E-state index contributed by atoms with van der Waals surface area (Å²) in [6.45, 7) is 0.598. The van der Waals surface area contributed by atoms with Gasteiger partial charge in [-0.1, -0.05) is 54.1 Å². The predicted octanol–water partition coefficient (Wildman–Crippen LogP) is 5.40. The van der Waals surface area contributed by atoms with E-state index in [4.69, 9.17) is 21.0 Å². The first-order chi connectivity index (χ1) is 15.1. The number of aromatic nitrogens is 1. The first-order valence-electron chi connectivity index (χ1n) is 9.39. The molecule has 0 aliphatic rings. The van der Waals surface area contributed by atoms with E-state index in [0.717, 1.165) is 17.7 Å².